The van der Waals surface area contributed by atoms with Gasteiger partial charge in [0.25, 0.3) is 0 Å². The molecule has 0 saturated carbocycles. The van der Waals surface area contributed by atoms with Crippen molar-refractivity contribution in [3.63, 3.8) is 0 Å². The van der Waals surface area contributed by atoms with E-state index in [4.69, 9.17) is 4.74 Å². The summed E-state index contributed by atoms with van der Waals surface area (Å²) < 4.78 is 19.5. The molecular weight excluding hydrogens is 317 g/mol. The maximum Gasteiger partial charge on any atom is 0.188 e. The molecule has 3 nitrogen and oxygen atoms in total. The van der Waals surface area contributed by atoms with Crippen LogP contribution in [0.25, 0.3) is 0 Å². The highest BCUT2D eigenvalue weighted by Gasteiger charge is 2.09. The lowest BCUT2D eigenvalue weighted by Gasteiger charge is -2.10. The lowest BCUT2D eigenvalue weighted by atomic mass is 10.1. The summed E-state index contributed by atoms with van der Waals surface area (Å²) in [6.45, 7) is 9.47. The zero-order valence-corrected chi connectivity index (χ0v) is 15.2. The van der Waals surface area contributed by atoms with Crippen LogP contribution >= 0.6 is 0 Å². The first-order valence-electron chi connectivity index (χ1n) is 8.16. The van der Waals surface area contributed by atoms with Gasteiger partial charge in [0.15, 0.2) is 5.78 Å². The molecule has 0 amide bonds. The highest BCUT2D eigenvalue weighted by Crippen LogP contribution is 2.17. The van der Waals surface area contributed by atoms with Gasteiger partial charge in [0.1, 0.15) is 18.2 Å². The molecule has 0 N–H and O–H groups in total. The Morgan fingerprint density at radius 3 is 2.68 bits per heavy atom. The topological polar surface area (TPSA) is 29.5 Å². The molecule has 0 saturated heterocycles. The van der Waals surface area contributed by atoms with Gasteiger partial charge in [-0.25, -0.2) is 4.39 Å². The second kappa shape index (κ2) is 11.2. The predicted octanol–water partition coefficient (Wildman–Crippen LogP) is 4.58. The summed E-state index contributed by atoms with van der Waals surface area (Å²) >= 11 is 0. The average molecular weight is 343 g/mol. The van der Waals surface area contributed by atoms with Crippen LogP contribution in [0.5, 0.6) is 5.75 Å². The Kier molecular flexibility index (Phi) is 9.19. The summed E-state index contributed by atoms with van der Waals surface area (Å²) in [4.78, 5) is 14.0. The van der Waals surface area contributed by atoms with Crippen LogP contribution in [-0.4, -0.2) is 37.4 Å². The van der Waals surface area contributed by atoms with E-state index in [2.05, 4.69) is 11.5 Å². The molecule has 134 valence electrons. The van der Waals surface area contributed by atoms with E-state index < -0.39 is 5.82 Å². The molecule has 0 heterocycles. The SMILES string of the molecule is C=CCN(C)CC=CCOc1ccc(C(=O)C=CC=C(C)C)c(F)c1. The van der Waals surface area contributed by atoms with E-state index in [9.17, 15) is 9.18 Å². The van der Waals surface area contributed by atoms with Crippen molar-refractivity contribution in [2.45, 2.75) is 13.8 Å². The van der Waals surface area contributed by atoms with Gasteiger partial charge >= 0.3 is 0 Å². The Hall–Kier alpha value is -2.46. The van der Waals surface area contributed by atoms with Crippen LogP contribution in [0.4, 0.5) is 4.39 Å². The number of ketones is 1. The van der Waals surface area contributed by atoms with E-state index in [-0.39, 0.29) is 11.3 Å². The second-order valence-corrected chi connectivity index (χ2v) is 5.90. The molecule has 0 bridgehead atoms. The van der Waals surface area contributed by atoms with Crippen LogP contribution < -0.4 is 4.74 Å². The van der Waals surface area contributed by atoms with Crippen LogP contribution in [0.1, 0.15) is 24.2 Å². The molecule has 0 spiro atoms. The molecule has 0 radical (unpaired) electrons. The number of likely N-dealkylation sites (N-methyl/N-ethyl adjacent to an activating group) is 1. The zero-order chi connectivity index (χ0) is 18.7. The van der Waals surface area contributed by atoms with Gasteiger partial charge in [0.2, 0.25) is 0 Å². The summed E-state index contributed by atoms with van der Waals surface area (Å²) in [6.07, 6.45) is 10.5. The molecule has 1 rings (SSSR count). The first-order chi connectivity index (χ1) is 11.9. The third kappa shape index (κ3) is 8.27. The molecular formula is C21H26FNO2. The normalized spacial score (nSPS) is 11.2. The van der Waals surface area contributed by atoms with Crippen molar-refractivity contribution in [2.24, 2.45) is 0 Å². The van der Waals surface area contributed by atoms with Crippen molar-refractivity contribution in [3.05, 3.63) is 78.2 Å². The molecule has 0 fully saturated rings. The molecule has 0 aromatic heterocycles. The predicted molar refractivity (Wildman–Crippen MR) is 102 cm³/mol. The van der Waals surface area contributed by atoms with Gasteiger partial charge in [-0.2, -0.15) is 0 Å². The largest absolute Gasteiger partial charge is 0.489 e. The number of nitrogens with zero attached hydrogens (tertiary/aromatic N) is 1. The third-order valence-corrected chi connectivity index (χ3v) is 3.25. The summed E-state index contributed by atoms with van der Waals surface area (Å²) in [7, 11) is 1.99. The molecule has 25 heavy (non-hydrogen) atoms. The summed E-state index contributed by atoms with van der Waals surface area (Å²) in [5.74, 6) is -0.558. The fourth-order valence-corrected chi connectivity index (χ4v) is 1.96. The van der Waals surface area contributed by atoms with Crippen molar-refractivity contribution in [1.82, 2.24) is 4.90 Å². The number of hydrogen-bond acceptors (Lipinski definition) is 3. The van der Waals surface area contributed by atoms with E-state index in [1.54, 1.807) is 18.2 Å². The highest BCUT2D eigenvalue weighted by molar-refractivity contribution is 6.04. The van der Waals surface area contributed by atoms with Crippen LogP contribution in [0, 0.1) is 5.82 Å². The van der Waals surface area contributed by atoms with E-state index in [0.717, 1.165) is 18.7 Å². The number of hydrogen-bond donors (Lipinski definition) is 0. The van der Waals surface area contributed by atoms with Gasteiger partial charge < -0.3 is 4.74 Å². The third-order valence-electron chi connectivity index (χ3n) is 3.25. The number of rotatable bonds is 10. The lowest BCUT2D eigenvalue weighted by Crippen LogP contribution is -2.17. The fraction of sp³-hybridized carbons (Fsp3) is 0.286. The minimum absolute atomic E-state index is 0.0346. The van der Waals surface area contributed by atoms with Gasteiger partial charge in [-0.3, -0.25) is 9.69 Å². The highest BCUT2D eigenvalue weighted by atomic mass is 19.1. The van der Waals surface area contributed by atoms with Crippen molar-refractivity contribution >= 4 is 5.78 Å². The van der Waals surface area contributed by atoms with Crippen LogP contribution in [0.15, 0.2) is 66.8 Å². The molecule has 1 aromatic rings. The first kappa shape index (κ1) is 20.6. The standard InChI is InChI=1S/C21H26FNO2/c1-5-13-23(4)14-6-7-15-25-18-11-12-19(20(22)16-18)21(24)10-8-9-17(2)3/h5-12,16H,1,13-15H2,2-4H3. The molecule has 0 aliphatic rings. The second-order valence-electron chi connectivity index (χ2n) is 5.90. The Morgan fingerprint density at radius 2 is 2.04 bits per heavy atom. The summed E-state index contributed by atoms with van der Waals surface area (Å²) in [6, 6.07) is 4.28. The summed E-state index contributed by atoms with van der Waals surface area (Å²) in [5, 5.41) is 0. The Morgan fingerprint density at radius 1 is 1.28 bits per heavy atom. The minimum atomic E-state index is -0.584. The van der Waals surface area contributed by atoms with E-state index in [1.165, 1.54) is 18.2 Å². The number of halogens is 1. The first-order valence-corrected chi connectivity index (χ1v) is 8.16. The monoisotopic (exact) mass is 343 g/mol. The van der Waals surface area contributed by atoms with E-state index in [1.807, 2.05) is 39.1 Å². The van der Waals surface area contributed by atoms with Gasteiger partial charge in [-0.05, 0) is 39.1 Å². The molecule has 0 aliphatic heterocycles. The molecule has 1 aromatic carbocycles. The van der Waals surface area contributed by atoms with Crippen LogP contribution in [0.2, 0.25) is 0 Å². The Balaban J connectivity index is 2.56. The molecule has 0 aliphatic carbocycles. The van der Waals surface area contributed by atoms with E-state index >= 15 is 0 Å². The maximum absolute atomic E-state index is 14.1. The maximum atomic E-state index is 14.1. The smallest absolute Gasteiger partial charge is 0.188 e. The average Bonchev–Trinajstić information content (AvgIpc) is 2.54. The van der Waals surface area contributed by atoms with Gasteiger partial charge in [-0.1, -0.05) is 36.0 Å². The van der Waals surface area contributed by atoms with Crippen LogP contribution in [0.3, 0.4) is 0 Å². The van der Waals surface area contributed by atoms with Crippen molar-refractivity contribution in [3.8, 4) is 5.75 Å². The van der Waals surface area contributed by atoms with Crippen molar-refractivity contribution < 1.29 is 13.9 Å². The molecule has 4 heteroatoms. The van der Waals surface area contributed by atoms with Crippen molar-refractivity contribution in [1.29, 1.82) is 0 Å². The van der Waals surface area contributed by atoms with Crippen molar-refractivity contribution in [2.75, 3.05) is 26.7 Å². The Bertz CT molecular complexity index is 670. The van der Waals surface area contributed by atoms with Gasteiger partial charge in [0, 0.05) is 19.2 Å². The molecule has 0 atom stereocenters. The zero-order valence-electron chi connectivity index (χ0n) is 15.2. The molecule has 0 unspecified atom stereocenters. The lowest BCUT2D eigenvalue weighted by molar-refractivity contribution is 0.104. The fourth-order valence-electron chi connectivity index (χ4n) is 1.96. The number of carbonyl (C=O) groups is 1. The van der Waals surface area contributed by atoms with Crippen LogP contribution in [-0.2, 0) is 0 Å². The number of carbonyl (C=O) groups excluding carboxylic acids is 1. The quantitative estimate of drug-likeness (QED) is 0.269. The Labute approximate surface area is 149 Å². The van der Waals surface area contributed by atoms with E-state index in [0.29, 0.717) is 12.4 Å². The van der Waals surface area contributed by atoms with Gasteiger partial charge in [-0.15, -0.1) is 6.58 Å². The number of ether oxygens (including phenoxy) is 1. The number of allylic oxidation sites excluding steroid dienone is 4. The number of benzene rings is 1. The summed E-state index contributed by atoms with van der Waals surface area (Å²) in [5.41, 5.74) is 1.10. The van der Waals surface area contributed by atoms with Gasteiger partial charge in [0.05, 0.1) is 5.56 Å². The minimum Gasteiger partial charge on any atom is -0.489 e.